The summed E-state index contributed by atoms with van der Waals surface area (Å²) in [5, 5.41) is 0. The van der Waals surface area contributed by atoms with Crippen molar-refractivity contribution in [3.63, 3.8) is 0 Å². The zero-order valence-corrected chi connectivity index (χ0v) is 12.0. The van der Waals surface area contributed by atoms with E-state index in [0.717, 1.165) is 28.8 Å². The van der Waals surface area contributed by atoms with E-state index < -0.39 is 5.72 Å². The summed E-state index contributed by atoms with van der Waals surface area (Å²) < 4.78 is 6.92. The lowest BCUT2D eigenvalue weighted by atomic mass is 10.0. The van der Waals surface area contributed by atoms with Gasteiger partial charge < -0.3 is 4.74 Å². The van der Waals surface area contributed by atoms with E-state index in [-0.39, 0.29) is 0 Å². The minimum atomic E-state index is -0.414. The molecule has 1 atom stereocenters. The van der Waals surface area contributed by atoms with Gasteiger partial charge in [-0.15, -0.1) is 0 Å². The van der Waals surface area contributed by atoms with Crippen LogP contribution >= 0.6 is 15.9 Å². The number of rotatable bonds is 4. The van der Waals surface area contributed by atoms with Gasteiger partial charge in [0.25, 0.3) is 0 Å². The highest BCUT2D eigenvalue weighted by Gasteiger charge is 2.30. The molecule has 1 aliphatic rings. The predicted octanol–water partition coefficient (Wildman–Crippen LogP) is 4.52. The van der Waals surface area contributed by atoms with Crippen LogP contribution < -0.4 is 4.74 Å². The Kier molecular flexibility index (Phi) is 3.87. The molecule has 92 valence electrons. The molecule has 0 spiro atoms. The molecule has 1 aromatic carbocycles. The van der Waals surface area contributed by atoms with E-state index in [1.807, 2.05) is 24.3 Å². The number of fused-ring (bicyclic) bond motifs is 1. The molecule has 0 N–H and O–H groups in total. The Balaban J connectivity index is 2.17. The molecule has 1 unspecified atom stereocenters. The molecule has 0 saturated heterocycles. The maximum atomic E-state index is 6.02. The molecule has 0 radical (unpaired) electrons. The lowest BCUT2D eigenvalue weighted by molar-refractivity contribution is 0.0823. The maximum Gasteiger partial charge on any atom is 0.198 e. The number of unbranched alkanes of at least 4 members (excludes halogenated alkanes) is 2. The Morgan fingerprint density at radius 1 is 1.29 bits per heavy atom. The quantitative estimate of drug-likeness (QED) is 0.749. The SMILES string of the molecule is CCCCCC1(C)N=C(Br)c2ccccc2O1. The first-order chi connectivity index (χ1) is 8.14. The van der Waals surface area contributed by atoms with Crippen molar-refractivity contribution in [3.8, 4) is 5.75 Å². The Morgan fingerprint density at radius 2 is 2.06 bits per heavy atom. The van der Waals surface area contributed by atoms with Crippen LogP contribution in [0.25, 0.3) is 0 Å². The molecule has 0 saturated carbocycles. The molecular formula is C14H18BrNO. The summed E-state index contributed by atoms with van der Waals surface area (Å²) in [6.07, 6.45) is 4.56. The van der Waals surface area contributed by atoms with Crippen molar-refractivity contribution in [2.24, 2.45) is 4.99 Å². The highest BCUT2D eigenvalue weighted by molar-refractivity contribution is 9.18. The van der Waals surface area contributed by atoms with Gasteiger partial charge in [0, 0.05) is 12.0 Å². The summed E-state index contributed by atoms with van der Waals surface area (Å²) in [7, 11) is 0. The number of para-hydroxylation sites is 1. The van der Waals surface area contributed by atoms with Gasteiger partial charge in [-0.1, -0.05) is 31.9 Å². The summed E-state index contributed by atoms with van der Waals surface area (Å²) >= 11 is 3.54. The number of hydrogen-bond acceptors (Lipinski definition) is 2. The molecule has 0 aromatic heterocycles. The van der Waals surface area contributed by atoms with Gasteiger partial charge in [0.1, 0.15) is 10.4 Å². The zero-order chi connectivity index (χ0) is 12.3. The zero-order valence-electron chi connectivity index (χ0n) is 10.4. The summed E-state index contributed by atoms with van der Waals surface area (Å²) in [6.45, 7) is 4.26. The highest BCUT2D eigenvalue weighted by Crippen LogP contribution is 2.34. The second-order valence-electron chi connectivity index (χ2n) is 4.63. The van der Waals surface area contributed by atoms with Crippen LogP contribution in [0.5, 0.6) is 5.75 Å². The normalized spacial score (nSPS) is 22.6. The number of aliphatic imine (C=N–C) groups is 1. The van der Waals surface area contributed by atoms with E-state index in [4.69, 9.17) is 4.74 Å². The number of ether oxygens (including phenoxy) is 1. The fraction of sp³-hybridized carbons (Fsp3) is 0.500. The molecule has 0 amide bonds. The lowest BCUT2D eigenvalue weighted by Gasteiger charge is -2.31. The molecule has 2 rings (SSSR count). The van der Waals surface area contributed by atoms with Crippen molar-refractivity contribution in [2.45, 2.75) is 45.3 Å². The van der Waals surface area contributed by atoms with Crippen molar-refractivity contribution in [1.82, 2.24) is 0 Å². The van der Waals surface area contributed by atoms with Crippen LogP contribution in [0.15, 0.2) is 29.3 Å². The van der Waals surface area contributed by atoms with Crippen LogP contribution in [0.3, 0.4) is 0 Å². The second kappa shape index (κ2) is 5.21. The number of benzene rings is 1. The van der Waals surface area contributed by atoms with E-state index in [1.165, 1.54) is 12.8 Å². The summed E-state index contributed by atoms with van der Waals surface area (Å²) in [6, 6.07) is 8.02. The number of nitrogens with zero attached hydrogens (tertiary/aromatic N) is 1. The fourth-order valence-corrected chi connectivity index (χ4v) is 2.77. The first-order valence-corrected chi connectivity index (χ1v) is 6.98. The molecule has 0 fully saturated rings. The molecule has 1 aromatic rings. The van der Waals surface area contributed by atoms with Crippen molar-refractivity contribution >= 4 is 20.6 Å². The van der Waals surface area contributed by atoms with Gasteiger partial charge in [-0.3, -0.25) is 0 Å². The van der Waals surface area contributed by atoms with Gasteiger partial charge >= 0.3 is 0 Å². The fourth-order valence-electron chi connectivity index (χ4n) is 2.06. The largest absolute Gasteiger partial charge is 0.466 e. The molecular weight excluding hydrogens is 278 g/mol. The lowest BCUT2D eigenvalue weighted by Crippen LogP contribution is -2.34. The molecule has 0 aliphatic carbocycles. The third-order valence-corrected chi connectivity index (χ3v) is 3.62. The third kappa shape index (κ3) is 2.89. The van der Waals surface area contributed by atoms with Gasteiger partial charge in [-0.05, 0) is 41.4 Å². The summed E-state index contributed by atoms with van der Waals surface area (Å²) in [4.78, 5) is 4.64. The second-order valence-corrected chi connectivity index (χ2v) is 5.38. The van der Waals surface area contributed by atoms with Crippen LogP contribution in [0, 0.1) is 0 Å². The van der Waals surface area contributed by atoms with Crippen molar-refractivity contribution in [3.05, 3.63) is 29.8 Å². The van der Waals surface area contributed by atoms with Crippen LogP contribution in [-0.4, -0.2) is 10.3 Å². The van der Waals surface area contributed by atoms with Crippen molar-refractivity contribution < 1.29 is 4.74 Å². The molecule has 1 heterocycles. The molecule has 2 nitrogen and oxygen atoms in total. The van der Waals surface area contributed by atoms with Gasteiger partial charge in [-0.2, -0.15) is 0 Å². The Bertz CT molecular complexity index is 430. The maximum absolute atomic E-state index is 6.02. The average Bonchev–Trinajstić information content (AvgIpc) is 2.29. The Hall–Kier alpha value is -0.830. The molecule has 1 aliphatic heterocycles. The van der Waals surface area contributed by atoms with Crippen LogP contribution in [-0.2, 0) is 0 Å². The number of hydrogen-bond donors (Lipinski definition) is 0. The van der Waals surface area contributed by atoms with E-state index in [2.05, 4.69) is 34.8 Å². The van der Waals surface area contributed by atoms with Gasteiger partial charge in [0.15, 0.2) is 5.72 Å². The summed E-state index contributed by atoms with van der Waals surface area (Å²) in [5.74, 6) is 0.924. The smallest absolute Gasteiger partial charge is 0.198 e. The van der Waals surface area contributed by atoms with Crippen molar-refractivity contribution in [2.75, 3.05) is 0 Å². The van der Waals surface area contributed by atoms with Gasteiger partial charge in [0.2, 0.25) is 0 Å². The topological polar surface area (TPSA) is 21.6 Å². The van der Waals surface area contributed by atoms with Crippen LogP contribution in [0.2, 0.25) is 0 Å². The number of halogens is 1. The van der Waals surface area contributed by atoms with Gasteiger partial charge in [0.05, 0.1) is 0 Å². The van der Waals surface area contributed by atoms with Gasteiger partial charge in [-0.25, -0.2) is 4.99 Å². The average molecular weight is 296 g/mol. The molecule has 17 heavy (non-hydrogen) atoms. The highest BCUT2D eigenvalue weighted by atomic mass is 79.9. The molecule has 0 bridgehead atoms. The van der Waals surface area contributed by atoms with Crippen LogP contribution in [0.1, 0.15) is 45.1 Å². The standard InChI is InChI=1S/C14H18BrNO/c1-3-4-7-10-14(2)16-13(15)11-8-5-6-9-12(11)17-14/h5-6,8-9H,3-4,7,10H2,1-2H3. The monoisotopic (exact) mass is 295 g/mol. The third-order valence-electron chi connectivity index (χ3n) is 3.02. The summed E-state index contributed by atoms with van der Waals surface area (Å²) in [5.41, 5.74) is 0.628. The van der Waals surface area contributed by atoms with Crippen LogP contribution in [0.4, 0.5) is 0 Å². The van der Waals surface area contributed by atoms with Crippen molar-refractivity contribution in [1.29, 1.82) is 0 Å². The van der Waals surface area contributed by atoms with E-state index in [0.29, 0.717) is 0 Å². The predicted molar refractivity (Wildman–Crippen MR) is 75.1 cm³/mol. The van der Waals surface area contributed by atoms with E-state index in [1.54, 1.807) is 0 Å². The minimum Gasteiger partial charge on any atom is -0.466 e. The van der Waals surface area contributed by atoms with E-state index in [9.17, 15) is 0 Å². The molecule has 3 heteroatoms. The first kappa shape index (κ1) is 12.6. The first-order valence-electron chi connectivity index (χ1n) is 6.18. The Morgan fingerprint density at radius 3 is 2.82 bits per heavy atom. The Labute approximate surface area is 111 Å². The minimum absolute atomic E-state index is 0.414. The van der Waals surface area contributed by atoms with E-state index >= 15 is 0 Å².